The molecule has 1 aliphatic heterocycles. The maximum atomic E-state index is 5.46. The van der Waals surface area contributed by atoms with E-state index in [2.05, 4.69) is 31.4 Å². The van der Waals surface area contributed by atoms with Crippen molar-refractivity contribution < 1.29 is 9.47 Å². The van der Waals surface area contributed by atoms with Gasteiger partial charge in [-0.2, -0.15) is 0 Å². The number of hydrogen-bond acceptors (Lipinski definition) is 4. The van der Waals surface area contributed by atoms with Crippen molar-refractivity contribution in [2.75, 3.05) is 6.79 Å². The Labute approximate surface area is 120 Å². The lowest BCUT2D eigenvalue weighted by Gasteiger charge is -2.11. The monoisotopic (exact) mass is 283 g/mol. The van der Waals surface area contributed by atoms with Crippen molar-refractivity contribution in [1.82, 2.24) is 4.98 Å². The van der Waals surface area contributed by atoms with E-state index in [0.717, 1.165) is 28.1 Å². The second-order valence-electron chi connectivity index (χ2n) is 4.91. The van der Waals surface area contributed by atoms with E-state index in [4.69, 9.17) is 14.5 Å². The van der Waals surface area contributed by atoms with E-state index in [1.54, 1.807) is 11.3 Å². The van der Waals surface area contributed by atoms with Gasteiger partial charge in [0.05, 0.1) is 16.1 Å². The molecule has 0 bridgehead atoms. The maximum Gasteiger partial charge on any atom is 0.231 e. The van der Waals surface area contributed by atoms with Crippen molar-refractivity contribution in [1.29, 1.82) is 0 Å². The van der Waals surface area contributed by atoms with Crippen LogP contribution >= 0.6 is 11.3 Å². The fourth-order valence-electron chi connectivity index (χ4n) is 2.56. The average Bonchev–Trinajstić information content (AvgIpc) is 3.11. The number of benzene rings is 1. The average molecular weight is 283 g/mol. The van der Waals surface area contributed by atoms with Crippen LogP contribution in [0.1, 0.15) is 11.1 Å². The van der Waals surface area contributed by atoms with Gasteiger partial charge < -0.3 is 9.47 Å². The molecule has 3 aromatic rings. The number of nitrogens with zero attached hydrogens (tertiary/aromatic N) is 1. The van der Waals surface area contributed by atoms with Crippen LogP contribution in [0.2, 0.25) is 0 Å². The van der Waals surface area contributed by atoms with E-state index in [1.807, 2.05) is 12.1 Å². The summed E-state index contributed by atoms with van der Waals surface area (Å²) >= 11 is 1.71. The third-order valence-corrected chi connectivity index (χ3v) is 4.68. The molecule has 0 saturated carbocycles. The molecule has 0 amide bonds. The third-order valence-electron chi connectivity index (χ3n) is 3.80. The van der Waals surface area contributed by atoms with Crippen molar-refractivity contribution in [3.05, 3.63) is 40.8 Å². The van der Waals surface area contributed by atoms with E-state index in [1.165, 1.54) is 16.0 Å². The highest BCUT2D eigenvalue weighted by atomic mass is 32.1. The first-order chi connectivity index (χ1) is 9.74. The van der Waals surface area contributed by atoms with Gasteiger partial charge in [-0.3, -0.25) is 0 Å². The minimum absolute atomic E-state index is 0.293. The number of fused-ring (bicyclic) bond motifs is 2. The quantitative estimate of drug-likeness (QED) is 0.667. The van der Waals surface area contributed by atoms with Gasteiger partial charge >= 0.3 is 0 Å². The number of rotatable bonds is 1. The Balaban J connectivity index is 2.04. The summed E-state index contributed by atoms with van der Waals surface area (Å²) in [4.78, 5) is 6.03. The lowest BCUT2D eigenvalue weighted by atomic mass is 10.0. The molecule has 2 aromatic heterocycles. The topological polar surface area (TPSA) is 31.4 Å². The standard InChI is InChI=1S/C16H13NO2S/c1-9-10(2)16(15-4-3-5-20-15)17-12-7-14-13(6-11(9)12)18-8-19-14/h3-7H,8H2,1-2H3. The number of aromatic nitrogens is 1. The largest absolute Gasteiger partial charge is 0.454 e. The Morgan fingerprint density at radius 3 is 2.65 bits per heavy atom. The smallest absolute Gasteiger partial charge is 0.231 e. The van der Waals surface area contributed by atoms with Crippen molar-refractivity contribution >= 4 is 22.2 Å². The van der Waals surface area contributed by atoms with Gasteiger partial charge in [-0.05, 0) is 42.5 Å². The van der Waals surface area contributed by atoms with Crippen molar-refractivity contribution in [2.45, 2.75) is 13.8 Å². The molecule has 4 heteroatoms. The van der Waals surface area contributed by atoms with Crippen molar-refractivity contribution in [2.24, 2.45) is 0 Å². The van der Waals surface area contributed by atoms with Crippen molar-refractivity contribution in [3.63, 3.8) is 0 Å². The normalized spacial score (nSPS) is 13.1. The first-order valence-corrected chi connectivity index (χ1v) is 7.36. The predicted molar refractivity (Wildman–Crippen MR) is 80.7 cm³/mol. The Hall–Kier alpha value is -2.07. The van der Waals surface area contributed by atoms with Crippen molar-refractivity contribution in [3.8, 4) is 22.1 Å². The number of thiophene rings is 1. The molecular weight excluding hydrogens is 270 g/mol. The second kappa shape index (κ2) is 4.21. The van der Waals surface area contributed by atoms with Crippen LogP contribution in [0.3, 0.4) is 0 Å². The van der Waals surface area contributed by atoms with Crippen LogP contribution in [0.25, 0.3) is 21.5 Å². The van der Waals surface area contributed by atoms with Gasteiger partial charge in [0.2, 0.25) is 6.79 Å². The minimum atomic E-state index is 0.293. The highest BCUT2D eigenvalue weighted by molar-refractivity contribution is 7.13. The molecule has 0 radical (unpaired) electrons. The maximum absolute atomic E-state index is 5.46. The predicted octanol–water partition coefficient (Wildman–Crippen LogP) is 4.31. The van der Waals surface area contributed by atoms with Gasteiger partial charge in [-0.1, -0.05) is 6.07 Å². The minimum Gasteiger partial charge on any atom is -0.454 e. The van der Waals surface area contributed by atoms with Gasteiger partial charge in [0.25, 0.3) is 0 Å². The summed E-state index contributed by atoms with van der Waals surface area (Å²) in [5.41, 5.74) is 4.49. The Bertz CT molecular complexity index is 809. The zero-order chi connectivity index (χ0) is 13.7. The van der Waals surface area contributed by atoms with Gasteiger partial charge in [0, 0.05) is 11.5 Å². The molecule has 0 N–H and O–H groups in total. The third kappa shape index (κ3) is 1.61. The Kier molecular flexibility index (Phi) is 2.47. The molecule has 0 atom stereocenters. The van der Waals surface area contributed by atoms with Crippen LogP contribution in [0.5, 0.6) is 11.5 Å². The molecule has 0 saturated heterocycles. The van der Waals surface area contributed by atoms with Gasteiger partial charge in [0.15, 0.2) is 11.5 Å². The summed E-state index contributed by atoms with van der Waals surface area (Å²) in [6.45, 7) is 4.56. The van der Waals surface area contributed by atoms with E-state index in [0.29, 0.717) is 6.79 Å². The molecule has 100 valence electrons. The lowest BCUT2D eigenvalue weighted by Crippen LogP contribution is -1.93. The summed E-state index contributed by atoms with van der Waals surface area (Å²) in [6.07, 6.45) is 0. The number of pyridine rings is 1. The first kappa shape index (κ1) is 11.7. The molecular formula is C16H13NO2S. The van der Waals surface area contributed by atoms with Crippen LogP contribution in [0.15, 0.2) is 29.6 Å². The van der Waals surface area contributed by atoms with Crippen LogP contribution in [0, 0.1) is 13.8 Å². The number of hydrogen-bond donors (Lipinski definition) is 0. The molecule has 1 aliphatic rings. The molecule has 4 rings (SSSR count). The van der Waals surface area contributed by atoms with E-state index in [9.17, 15) is 0 Å². The second-order valence-corrected chi connectivity index (χ2v) is 5.86. The molecule has 0 spiro atoms. The van der Waals surface area contributed by atoms with Crippen LogP contribution in [0.4, 0.5) is 0 Å². The molecule has 1 aromatic carbocycles. The molecule has 0 aliphatic carbocycles. The lowest BCUT2D eigenvalue weighted by molar-refractivity contribution is 0.174. The number of aryl methyl sites for hydroxylation is 1. The fourth-order valence-corrected chi connectivity index (χ4v) is 3.33. The Morgan fingerprint density at radius 2 is 1.90 bits per heavy atom. The number of ether oxygens (including phenoxy) is 2. The van der Waals surface area contributed by atoms with Crippen LogP contribution < -0.4 is 9.47 Å². The summed E-state index contributed by atoms with van der Waals surface area (Å²) in [5.74, 6) is 1.59. The Morgan fingerprint density at radius 1 is 1.10 bits per heavy atom. The van der Waals surface area contributed by atoms with Gasteiger partial charge in [-0.15, -0.1) is 11.3 Å². The van der Waals surface area contributed by atoms with Gasteiger partial charge in [0.1, 0.15) is 0 Å². The first-order valence-electron chi connectivity index (χ1n) is 6.48. The summed E-state index contributed by atoms with van der Waals surface area (Å²) < 4.78 is 10.9. The highest BCUT2D eigenvalue weighted by Gasteiger charge is 2.18. The fraction of sp³-hybridized carbons (Fsp3) is 0.188. The molecule has 3 heterocycles. The van der Waals surface area contributed by atoms with Gasteiger partial charge in [-0.25, -0.2) is 4.98 Å². The SMILES string of the molecule is Cc1c(-c2cccs2)nc2cc3c(cc2c1C)OCO3. The molecule has 3 nitrogen and oxygen atoms in total. The summed E-state index contributed by atoms with van der Waals surface area (Å²) in [5, 5.41) is 3.21. The van der Waals surface area contributed by atoms with E-state index < -0.39 is 0 Å². The summed E-state index contributed by atoms with van der Waals surface area (Å²) in [7, 11) is 0. The zero-order valence-electron chi connectivity index (χ0n) is 11.3. The van der Waals surface area contributed by atoms with Crippen LogP contribution in [-0.2, 0) is 0 Å². The highest BCUT2D eigenvalue weighted by Crippen LogP contribution is 2.39. The van der Waals surface area contributed by atoms with E-state index in [-0.39, 0.29) is 0 Å². The zero-order valence-corrected chi connectivity index (χ0v) is 12.1. The van der Waals surface area contributed by atoms with E-state index >= 15 is 0 Å². The molecule has 20 heavy (non-hydrogen) atoms. The molecule has 0 unspecified atom stereocenters. The van der Waals surface area contributed by atoms with Crippen LogP contribution in [-0.4, -0.2) is 11.8 Å². The summed E-state index contributed by atoms with van der Waals surface area (Å²) in [6, 6.07) is 8.17. The molecule has 0 fully saturated rings.